The van der Waals surface area contributed by atoms with Crippen LogP contribution >= 0.6 is 35.4 Å². The van der Waals surface area contributed by atoms with Crippen molar-refractivity contribution in [1.82, 2.24) is 0 Å². The number of hydrogen-bond donors (Lipinski definition) is 2. The summed E-state index contributed by atoms with van der Waals surface area (Å²) < 4.78 is 0. The Bertz CT molecular complexity index is 866. The molecule has 0 saturated carbocycles. The van der Waals surface area contributed by atoms with E-state index in [0.29, 0.717) is 20.8 Å². The Morgan fingerprint density at radius 2 is 1.33 bits per heavy atom. The van der Waals surface area contributed by atoms with E-state index in [9.17, 15) is 0 Å². The van der Waals surface area contributed by atoms with Crippen LogP contribution in [-0.2, 0) is 0 Å². The predicted octanol–water partition coefficient (Wildman–Crippen LogP) is 6.47. The lowest BCUT2D eigenvalue weighted by Crippen LogP contribution is -2.19. The molecule has 2 nitrogen and oxygen atoms in total. The number of nitrogens with one attached hydrogen (secondary N) is 2. The fraction of sp³-hybridized carbons (Fsp3) is 0. The highest BCUT2D eigenvalue weighted by Gasteiger charge is 2.08. The summed E-state index contributed by atoms with van der Waals surface area (Å²) in [6, 6.07) is 23.5. The lowest BCUT2D eigenvalue weighted by Gasteiger charge is -2.15. The number of rotatable bonds is 3. The van der Waals surface area contributed by atoms with E-state index >= 15 is 0 Å². The Morgan fingerprint density at radius 3 is 2.12 bits per heavy atom. The fourth-order valence-corrected chi connectivity index (χ4v) is 2.91. The largest absolute Gasteiger partial charge is 0.332 e. The second kappa shape index (κ2) is 7.67. The summed E-state index contributed by atoms with van der Waals surface area (Å²) in [6.07, 6.45) is 0. The molecule has 0 amide bonds. The Kier molecular flexibility index (Phi) is 5.36. The smallest absolute Gasteiger partial charge is 0.175 e. The molecular weight excluding hydrogens is 359 g/mol. The molecule has 0 bridgehead atoms. The second-order valence-corrected chi connectivity index (χ2v) is 6.29. The molecule has 3 aromatic rings. The van der Waals surface area contributed by atoms with Crippen molar-refractivity contribution in [2.45, 2.75) is 0 Å². The van der Waals surface area contributed by atoms with E-state index in [1.165, 1.54) is 0 Å². The highest BCUT2D eigenvalue weighted by molar-refractivity contribution is 7.80. The van der Waals surface area contributed by atoms with Gasteiger partial charge in [-0.25, -0.2) is 0 Å². The van der Waals surface area contributed by atoms with E-state index in [4.69, 9.17) is 35.4 Å². The number of thiocarbonyl (C=S) groups is 1. The Labute approximate surface area is 156 Å². The van der Waals surface area contributed by atoms with Crippen LogP contribution in [0.1, 0.15) is 0 Å². The number of anilines is 2. The van der Waals surface area contributed by atoms with E-state index in [0.717, 1.165) is 16.8 Å². The minimum atomic E-state index is 0.444. The molecule has 0 spiro atoms. The average molecular weight is 373 g/mol. The molecule has 2 N–H and O–H groups in total. The van der Waals surface area contributed by atoms with Crippen molar-refractivity contribution >= 4 is 51.9 Å². The zero-order valence-electron chi connectivity index (χ0n) is 12.6. The first-order chi connectivity index (χ1) is 11.6. The van der Waals surface area contributed by atoms with E-state index in [1.807, 2.05) is 54.6 Å². The molecule has 5 heteroatoms. The maximum atomic E-state index is 6.19. The highest BCUT2D eigenvalue weighted by atomic mass is 35.5. The van der Waals surface area contributed by atoms with Crippen LogP contribution in [0.3, 0.4) is 0 Å². The minimum absolute atomic E-state index is 0.444. The first-order valence-electron chi connectivity index (χ1n) is 7.31. The third kappa shape index (κ3) is 3.88. The first kappa shape index (κ1) is 16.8. The van der Waals surface area contributed by atoms with Gasteiger partial charge in [0.15, 0.2) is 5.11 Å². The van der Waals surface area contributed by atoms with Crippen molar-refractivity contribution in [2.24, 2.45) is 0 Å². The van der Waals surface area contributed by atoms with Gasteiger partial charge >= 0.3 is 0 Å². The Balaban J connectivity index is 1.82. The molecule has 0 aliphatic heterocycles. The highest BCUT2D eigenvalue weighted by Crippen LogP contribution is 2.30. The molecule has 24 heavy (non-hydrogen) atoms. The van der Waals surface area contributed by atoms with Crippen molar-refractivity contribution < 1.29 is 0 Å². The summed E-state index contributed by atoms with van der Waals surface area (Å²) >= 11 is 17.6. The molecule has 3 aromatic carbocycles. The van der Waals surface area contributed by atoms with Crippen LogP contribution < -0.4 is 10.6 Å². The number of benzene rings is 3. The van der Waals surface area contributed by atoms with Gasteiger partial charge in [-0.05, 0) is 36.0 Å². The van der Waals surface area contributed by atoms with Gasteiger partial charge in [0.2, 0.25) is 0 Å². The summed E-state index contributed by atoms with van der Waals surface area (Å²) in [5.74, 6) is 0. The quantitative estimate of drug-likeness (QED) is 0.515. The van der Waals surface area contributed by atoms with Crippen LogP contribution in [0.25, 0.3) is 11.1 Å². The maximum absolute atomic E-state index is 6.19. The van der Waals surface area contributed by atoms with Crippen LogP contribution in [0.4, 0.5) is 11.4 Å². The molecule has 0 atom stereocenters. The molecule has 0 saturated heterocycles. The summed E-state index contributed by atoms with van der Waals surface area (Å²) in [4.78, 5) is 0. The molecule has 0 fully saturated rings. The summed E-state index contributed by atoms with van der Waals surface area (Å²) in [5.41, 5.74) is 3.77. The fourth-order valence-electron chi connectivity index (χ4n) is 2.34. The van der Waals surface area contributed by atoms with E-state index in [2.05, 4.69) is 22.8 Å². The molecule has 0 aromatic heterocycles. The van der Waals surface area contributed by atoms with Gasteiger partial charge in [0, 0.05) is 11.3 Å². The van der Waals surface area contributed by atoms with Crippen molar-refractivity contribution in [3.63, 3.8) is 0 Å². The van der Waals surface area contributed by atoms with Gasteiger partial charge in [-0.1, -0.05) is 77.8 Å². The van der Waals surface area contributed by atoms with Gasteiger partial charge in [0.25, 0.3) is 0 Å². The SMILES string of the molecule is S=C(Nc1ccccc1-c1ccccc1)Nc1cccc(Cl)c1Cl. The molecule has 120 valence electrons. The molecule has 0 aliphatic rings. The van der Waals surface area contributed by atoms with Crippen LogP contribution in [0, 0.1) is 0 Å². The average Bonchev–Trinajstić information content (AvgIpc) is 2.60. The predicted molar refractivity (Wildman–Crippen MR) is 108 cm³/mol. The van der Waals surface area contributed by atoms with Gasteiger partial charge in [0.1, 0.15) is 0 Å². The molecule has 0 radical (unpaired) electrons. The van der Waals surface area contributed by atoms with Crippen molar-refractivity contribution in [3.8, 4) is 11.1 Å². The van der Waals surface area contributed by atoms with E-state index < -0.39 is 0 Å². The molecule has 0 unspecified atom stereocenters. The molecule has 3 rings (SSSR count). The van der Waals surface area contributed by atoms with Crippen molar-refractivity contribution in [3.05, 3.63) is 82.8 Å². The monoisotopic (exact) mass is 372 g/mol. The topological polar surface area (TPSA) is 24.1 Å². The molecule has 0 heterocycles. The lowest BCUT2D eigenvalue weighted by molar-refractivity contribution is 1.57. The summed E-state index contributed by atoms with van der Waals surface area (Å²) in [6.45, 7) is 0. The summed E-state index contributed by atoms with van der Waals surface area (Å²) in [7, 11) is 0. The van der Waals surface area contributed by atoms with Gasteiger partial charge in [-0.3, -0.25) is 0 Å². The first-order valence-corrected chi connectivity index (χ1v) is 8.48. The standard InChI is InChI=1S/C19H14Cl2N2S/c20-15-10-6-12-17(18(15)21)23-19(24)22-16-11-5-4-9-14(16)13-7-2-1-3-8-13/h1-12H,(H2,22,23,24). The summed E-state index contributed by atoms with van der Waals surface area (Å²) in [5, 5.41) is 7.68. The van der Waals surface area contributed by atoms with Gasteiger partial charge in [-0.2, -0.15) is 0 Å². The van der Waals surface area contributed by atoms with Gasteiger partial charge in [-0.15, -0.1) is 0 Å². The second-order valence-electron chi connectivity index (χ2n) is 5.09. The van der Waals surface area contributed by atoms with Crippen LogP contribution in [0.15, 0.2) is 72.8 Å². The van der Waals surface area contributed by atoms with Crippen LogP contribution in [0.5, 0.6) is 0 Å². The molecule has 0 aliphatic carbocycles. The van der Waals surface area contributed by atoms with Crippen LogP contribution in [0.2, 0.25) is 10.0 Å². The van der Waals surface area contributed by atoms with Gasteiger partial charge in [0.05, 0.1) is 15.7 Å². The van der Waals surface area contributed by atoms with Crippen molar-refractivity contribution in [2.75, 3.05) is 10.6 Å². The number of halogens is 2. The lowest BCUT2D eigenvalue weighted by atomic mass is 10.0. The number of hydrogen-bond acceptors (Lipinski definition) is 1. The van der Waals surface area contributed by atoms with E-state index in [1.54, 1.807) is 6.07 Å². The Morgan fingerprint density at radius 1 is 0.708 bits per heavy atom. The zero-order chi connectivity index (χ0) is 16.9. The molecular formula is C19H14Cl2N2S. The van der Waals surface area contributed by atoms with E-state index in [-0.39, 0.29) is 0 Å². The third-order valence-electron chi connectivity index (χ3n) is 3.46. The maximum Gasteiger partial charge on any atom is 0.175 e. The minimum Gasteiger partial charge on any atom is -0.332 e. The Hall–Kier alpha value is -2.07. The third-order valence-corrected chi connectivity index (χ3v) is 4.48. The van der Waals surface area contributed by atoms with Gasteiger partial charge < -0.3 is 10.6 Å². The zero-order valence-corrected chi connectivity index (χ0v) is 14.9. The van der Waals surface area contributed by atoms with Crippen LogP contribution in [-0.4, -0.2) is 5.11 Å². The normalized spacial score (nSPS) is 10.2. The van der Waals surface area contributed by atoms with Crippen molar-refractivity contribution in [1.29, 1.82) is 0 Å². The number of para-hydroxylation sites is 1.